The Kier molecular flexibility index (Phi) is 13.5. The van der Waals surface area contributed by atoms with Gasteiger partial charge in [-0.1, -0.05) is 41.0 Å². The van der Waals surface area contributed by atoms with Crippen molar-refractivity contribution in [1.29, 1.82) is 0 Å². The maximum Gasteiger partial charge on any atom is 0.326 e. The van der Waals surface area contributed by atoms with E-state index in [2.05, 4.69) is 20.5 Å². The first-order valence-corrected chi connectivity index (χ1v) is 13.8. The van der Waals surface area contributed by atoms with Crippen LogP contribution in [-0.4, -0.2) is 88.2 Å². The van der Waals surface area contributed by atoms with Crippen LogP contribution in [0.1, 0.15) is 22.5 Å². The first kappa shape index (κ1) is 32.5. The number of aliphatic carboxylic acids is 1. The predicted octanol–water partition coefficient (Wildman–Crippen LogP) is 1.83. The summed E-state index contributed by atoms with van der Waals surface area (Å²) in [4.78, 5) is 42.2. The normalized spacial score (nSPS) is 17.2. The average molecular weight is 629 g/mol. The Labute approximate surface area is 243 Å². The van der Waals surface area contributed by atoms with Crippen molar-refractivity contribution in [2.45, 2.75) is 35.7 Å². The lowest BCUT2D eigenvalue weighted by Crippen LogP contribution is -2.47. The lowest BCUT2D eigenvalue weighted by Gasteiger charge is -2.33. The summed E-state index contributed by atoms with van der Waals surface area (Å²) in [5.74, 6) is -2.15. The van der Waals surface area contributed by atoms with Gasteiger partial charge in [-0.05, 0) is 17.7 Å². The van der Waals surface area contributed by atoms with Crippen molar-refractivity contribution >= 4 is 76.5 Å². The summed E-state index contributed by atoms with van der Waals surface area (Å²) >= 11 is 14.4. The number of hydrogen-bond donors (Lipinski definition) is 5. The molecule has 1 saturated heterocycles. The number of carbonyl (C=O) groups is 3. The van der Waals surface area contributed by atoms with Gasteiger partial charge < -0.3 is 31.3 Å². The van der Waals surface area contributed by atoms with Gasteiger partial charge in [-0.25, -0.2) is 9.78 Å². The molecular weight excluding hydrogens is 601 g/mol. The molecule has 0 unspecified atom stereocenters. The fourth-order valence-electron chi connectivity index (χ4n) is 3.47. The number of carboxylic acids is 1. The molecule has 2 heterocycles. The number of rotatable bonds is 12. The summed E-state index contributed by atoms with van der Waals surface area (Å²) in [6.07, 6.45) is -1.88. The summed E-state index contributed by atoms with van der Waals surface area (Å²) in [5, 5.41) is 25.9. The Morgan fingerprint density at radius 3 is 2.76 bits per heavy atom. The Balaban J connectivity index is 0.00000507. The number of aliphatic hydroxyl groups is 1. The monoisotopic (exact) mass is 627 g/mol. The number of nitrogens with two attached hydrogens (primary N) is 1. The van der Waals surface area contributed by atoms with Crippen molar-refractivity contribution in [3.8, 4) is 0 Å². The second kappa shape index (κ2) is 15.8. The van der Waals surface area contributed by atoms with Gasteiger partial charge in [-0.15, -0.1) is 23.7 Å². The number of aliphatic hydroxyl groups excluding tert-OH is 1. The molecule has 1 aliphatic heterocycles. The highest BCUT2D eigenvalue weighted by molar-refractivity contribution is 8.01. The highest BCUT2D eigenvalue weighted by Gasteiger charge is 2.24. The topological polar surface area (TPSA) is 167 Å². The van der Waals surface area contributed by atoms with Crippen LogP contribution in [0.25, 0.3) is 0 Å². The van der Waals surface area contributed by atoms with Crippen LogP contribution in [0.3, 0.4) is 0 Å². The zero-order valence-corrected chi connectivity index (χ0v) is 23.9. The number of amides is 2. The molecule has 11 nitrogen and oxygen atoms in total. The summed E-state index contributed by atoms with van der Waals surface area (Å²) in [6.45, 7) is 3.01. The molecule has 2 amide bonds. The van der Waals surface area contributed by atoms with Gasteiger partial charge in [0.15, 0.2) is 4.34 Å². The van der Waals surface area contributed by atoms with Gasteiger partial charge >= 0.3 is 5.97 Å². The molecule has 3 atom stereocenters. The van der Waals surface area contributed by atoms with E-state index in [0.717, 1.165) is 35.2 Å². The third-order valence-corrected chi connectivity index (χ3v) is 8.02. The largest absolute Gasteiger partial charge is 0.480 e. The third kappa shape index (κ3) is 10.5. The van der Waals surface area contributed by atoms with E-state index in [1.54, 1.807) is 6.07 Å². The zero-order valence-electron chi connectivity index (χ0n) is 20.0. The van der Waals surface area contributed by atoms with Crippen LogP contribution in [-0.2, 0) is 20.9 Å². The predicted molar refractivity (Wildman–Crippen MR) is 148 cm³/mol. The van der Waals surface area contributed by atoms with Crippen LogP contribution in [0.5, 0.6) is 0 Å². The number of aromatic nitrogens is 1. The molecule has 1 aromatic carbocycles. The molecule has 1 aromatic heterocycles. The van der Waals surface area contributed by atoms with Crippen molar-refractivity contribution in [3.05, 3.63) is 44.9 Å². The lowest BCUT2D eigenvalue weighted by atomic mass is 10.2. The lowest BCUT2D eigenvalue weighted by molar-refractivity contribution is -0.140. The van der Waals surface area contributed by atoms with Crippen LogP contribution in [0.4, 0.5) is 0 Å². The number of nitrogens with one attached hydrogen (secondary N) is 2. The number of morpholine rings is 1. The molecule has 0 radical (unpaired) electrons. The Hall–Kier alpha value is -1.68. The number of ether oxygens (including phenoxy) is 1. The molecule has 1 aliphatic rings. The van der Waals surface area contributed by atoms with Crippen LogP contribution in [0.15, 0.2) is 27.9 Å². The number of thioether (sulfide) groups is 1. The minimum atomic E-state index is -1.38. The molecule has 38 heavy (non-hydrogen) atoms. The number of benzene rings is 1. The second-order valence-electron chi connectivity index (χ2n) is 8.24. The molecule has 6 N–H and O–H groups in total. The van der Waals surface area contributed by atoms with Gasteiger partial charge in [0.05, 0.1) is 28.5 Å². The van der Waals surface area contributed by atoms with E-state index in [9.17, 15) is 19.5 Å². The third-order valence-electron chi connectivity index (χ3n) is 5.26. The highest BCUT2D eigenvalue weighted by atomic mass is 35.5. The summed E-state index contributed by atoms with van der Waals surface area (Å²) in [7, 11) is 0. The van der Waals surface area contributed by atoms with Crippen LogP contribution < -0.4 is 16.4 Å². The minimum Gasteiger partial charge on any atom is -0.480 e. The fraction of sp³-hybridized carbons (Fsp3) is 0.455. The molecule has 3 rings (SSSR count). The summed E-state index contributed by atoms with van der Waals surface area (Å²) in [6, 6.07) is 4.20. The van der Waals surface area contributed by atoms with Gasteiger partial charge in [-0.2, -0.15) is 0 Å². The van der Waals surface area contributed by atoms with Crippen LogP contribution in [0, 0.1) is 0 Å². The van der Waals surface area contributed by atoms with Crippen molar-refractivity contribution in [1.82, 2.24) is 20.5 Å². The van der Waals surface area contributed by atoms with Gasteiger partial charge in [0.1, 0.15) is 18.0 Å². The summed E-state index contributed by atoms with van der Waals surface area (Å²) < 4.78 is 6.25. The SMILES string of the molecule is Cl.N[C@@H](O)C[C@H](NC(=O)c1csc(SCC(=O)NC[C@H]2CN(Cc3ccc(Cl)c(Cl)c3)CCO2)n1)C(=O)O. The van der Waals surface area contributed by atoms with Crippen molar-refractivity contribution < 1.29 is 29.3 Å². The molecule has 0 saturated carbocycles. The first-order valence-electron chi connectivity index (χ1n) is 11.2. The molecule has 16 heteroatoms. The molecule has 1 fully saturated rings. The van der Waals surface area contributed by atoms with E-state index < -0.39 is 24.1 Å². The molecule has 0 spiro atoms. The number of hydrogen-bond acceptors (Lipinski definition) is 10. The number of carbonyl (C=O) groups excluding carboxylic acids is 2. The number of nitrogens with zero attached hydrogens (tertiary/aromatic N) is 2. The van der Waals surface area contributed by atoms with E-state index >= 15 is 0 Å². The fourth-order valence-corrected chi connectivity index (χ4v) is 5.43. The van der Waals surface area contributed by atoms with E-state index in [4.69, 9.17) is 38.8 Å². The van der Waals surface area contributed by atoms with Gasteiger partial charge in [0.25, 0.3) is 5.91 Å². The number of carboxylic acid groups (broad SMARTS) is 1. The quantitative estimate of drug-likeness (QED) is 0.173. The average Bonchev–Trinajstić information content (AvgIpc) is 3.32. The zero-order chi connectivity index (χ0) is 26.9. The van der Waals surface area contributed by atoms with E-state index in [1.165, 1.54) is 5.38 Å². The molecule has 0 bridgehead atoms. The van der Waals surface area contributed by atoms with Gasteiger partial charge in [0.2, 0.25) is 5.91 Å². The van der Waals surface area contributed by atoms with Gasteiger partial charge in [0, 0.05) is 38.0 Å². The Bertz CT molecular complexity index is 1110. The Morgan fingerprint density at radius 1 is 1.32 bits per heavy atom. The van der Waals surface area contributed by atoms with Crippen LogP contribution >= 0.6 is 58.7 Å². The maximum absolute atomic E-state index is 12.3. The van der Waals surface area contributed by atoms with Crippen molar-refractivity contribution in [2.24, 2.45) is 5.73 Å². The Morgan fingerprint density at radius 2 is 2.08 bits per heavy atom. The second-order valence-corrected chi connectivity index (χ2v) is 11.1. The van der Waals surface area contributed by atoms with Crippen molar-refractivity contribution in [3.63, 3.8) is 0 Å². The standard InChI is InChI=1S/C22H27Cl2N5O6S2.ClH/c23-14-2-1-12(5-15(14)24)8-29-3-4-35-13(9-29)7-26-19(31)11-37-22-28-17(10-36-22)20(32)27-16(21(33)34)6-18(25)30;/h1-2,5,10,13,16,18,30H,3-4,6-9,11,25H2,(H,26,31)(H,27,32)(H,33,34);1H/t13-,16-,18-;/m0./s1. The molecular formula is C22H28Cl3N5O6S2. The summed E-state index contributed by atoms with van der Waals surface area (Å²) in [5.41, 5.74) is 6.27. The van der Waals surface area contributed by atoms with Gasteiger partial charge in [-0.3, -0.25) is 14.5 Å². The highest BCUT2D eigenvalue weighted by Crippen LogP contribution is 2.24. The van der Waals surface area contributed by atoms with E-state index in [1.807, 2.05) is 12.1 Å². The maximum atomic E-state index is 12.3. The van der Waals surface area contributed by atoms with Crippen LogP contribution in [0.2, 0.25) is 10.0 Å². The van der Waals surface area contributed by atoms with E-state index in [0.29, 0.717) is 40.6 Å². The minimum absolute atomic E-state index is 0. The van der Waals surface area contributed by atoms with Crippen molar-refractivity contribution in [2.75, 3.05) is 32.0 Å². The molecule has 210 valence electrons. The first-order chi connectivity index (χ1) is 17.6. The smallest absolute Gasteiger partial charge is 0.326 e. The number of thiazole rings is 1. The molecule has 2 aromatic rings. The number of halogens is 3. The molecule has 0 aliphatic carbocycles. The van der Waals surface area contributed by atoms with E-state index in [-0.39, 0.29) is 42.3 Å².